The summed E-state index contributed by atoms with van der Waals surface area (Å²) in [5.74, 6) is 0.517. The summed E-state index contributed by atoms with van der Waals surface area (Å²) >= 11 is 0. The molecular formula is C14H14N2O2. The highest BCUT2D eigenvalue weighted by Crippen LogP contribution is 2.11. The van der Waals surface area contributed by atoms with Gasteiger partial charge in [0, 0.05) is 6.20 Å². The van der Waals surface area contributed by atoms with E-state index in [9.17, 15) is 4.79 Å². The fourth-order valence-corrected chi connectivity index (χ4v) is 1.51. The highest BCUT2D eigenvalue weighted by atomic mass is 16.6. The molecular weight excluding hydrogens is 228 g/mol. The Hall–Kier alpha value is -2.36. The number of ether oxygens (including phenoxy) is 1. The van der Waals surface area contributed by atoms with E-state index in [0.717, 1.165) is 5.69 Å². The van der Waals surface area contributed by atoms with Crippen molar-refractivity contribution >= 4 is 6.09 Å². The van der Waals surface area contributed by atoms with E-state index < -0.39 is 6.09 Å². The van der Waals surface area contributed by atoms with Gasteiger partial charge in [-0.05, 0) is 31.2 Å². The van der Waals surface area contributed by atoms with Gasteiger partial charge in [-0.3, -0.25) is 4.98 Å². The summed E-state index contributed by atoms with van der Waals surface area (Å²) < 4.78 is 5.13. The molecule has 0 saturated carbocycles. The second-order valence-electron chi connectivity index (χ2n) is 3.82. The van der Waals surface area contributed by atoms with Crippen LogP contribution in [-0.4, -0.2) is 11.1 Å². The van der Waals surface area contributed by atoms with Gasteiger partial charge < -0.3 is 10.1 Å². The molecule has 1 aromatic carbocycles. The molecule has 0 fully saturated rings. The van der Waals surface area contributed by atoms with Gasteiger partial charge in [-0.2, -0.15) is 0 Å². The number of rotatable bonds is 3. The van der Waals surface area contributed by atoms with E-state index in [-0.39, 0.29) is 6.04 Å². The molecule has 1 amide bonds. The van der Waals surface area contributed by atoms with Crippen LogP contribution in [0, 0.1) is 0 Å². The lowest BCUT2D eigenvalue weighted by Gasteiger charge is -2.13. The van der Waals surface area contributed by atoms with E-state index in [0.29, 0.717) is 5.75 Å². The van der Waals surface area contributed by atoms with Crippen LogP contribution in [0.5, 0.6) is 5.75 Å². The minimum atomic E-state index is -0.487. The number of pyridine rings is 1. The van der Waals surface area contributed by atoms with Crippen LogP contribution in [-0.2, 0) is 0 Å². The third kappa shape index (κ3) is 3.31. The van der Waals surface area contributed by atoms with Crippen molar-refractivity contribution in [3.8, 4) is 5.75 Å². The standard InChI is InChI=1S/C14H14N2O2/c1-11(13-9-5-6-10-15-13)16-14(17)18-12-7-3-2-4-8-12/h2-11H,1H3,(H,16,17)/t11-/m0/s1. The molecule has 0 bridgehead atoms. The Morgan fingerprint density at radius 2 is 1.89 bits per heavy atom. The second-order valence-corrected chi connectivity index (χ2v) is 3.82. The summed E-state index contributed by atoms with van der Waals surface area (Å²) in [5.41, 5.74) is 0.794. The largest absolute Gasteiger partial charge is 0.413 e. The number of aromatic nitrogens is 1. The Balaban J connectivity index is 1.92. The molecule has 1 aromatic heterocycles. The van der Waals surface area contributed by atoms with Crippen LogP contribution < -0.4 is 10.1 Å². The van der Waals surface area contributed by atoms with Gasteiger partial charge in [-0.1, -0.05) is 24.3 Å². The maximum absolute atomic E-state index is 11.6. The Bertz CT molecular complexity index is 500. The average Bonchev–Trinajstić information content (AvgIpc) is 2.40. The molecule has 1 atom stereocenters. The first kappa shape index (κ1) is 12.1. The summed E-state index contributed by atoms with van der Waals surface area (Å²) in [7, 11) is 0. The summed E-state index contributed by atoms with van der Waals surface area (Å²) in [6.45, 7) is 1.86. The molecule has 1 heterocycles. The fraction of sp³-hybridized carbons (Fsp3) is 0.143. The summed E-state index contributed by atoms with van der Waals surface area (Å²) in [6, 6.07) is 14.3. The molecule has 0 aliphatic heterocycles. The van der Waals surface area contributed by atoms with E-state index in [4.69, 9.17) is 4.74 Å². The van der Waals surface area contributed by atoms with Gasteiger partial charge in [0.25, 0.3) is 0 Å². The molecule has 1 N–H and O–H groups in total. The Kier molecular flexibility index (Phi) is 3.91. The first-order chi connectivity index (χ1) is 8.75. The Morgan fingerprint density at radius 3 is 2.56 bits per heavy atom. The van der Waals surface area contributed by atoms with Gasteiger partial charge in [0.15, 0.2) is 0 Å². The highest BCUT2D eigenvalue weighted by molar-refractivity contribution is 5.70. The molecule has 0 saturated heterocycles. The average molecular weight is 242 g/mol. The van der Waals surface area contributed by atoms with Crippen LogP contribution in [0.2, 0.25) is 0 Å². The number of hydrogen-bond donors (Lipinski definition) is 1. The zero-order chi connectivity index (χ0) is 12.8. The number of nitrogens with one attached hydrogen (secondary N) is 1. The van der Waals surface area contributed by atoms with Crippen LogP contribution in [0.25, 0.3) is 0 Å². The first-order valence-electron chi connectivity index (χ1n) is 5.70. The topological polar surface area (TPSA) is 51.2 Å². The Morgan fingerprint density at radius 1 is 1.17 bits per heavy atom. The van der Waals surface area contributed by atoms with E-state index >= 15 is 0 Å². The summed E-state index contributed by atoms with van der Waals surface area (Å²) in [6.07, 6.45) is 1.20. The maximum Gasteiger partial charge on any atom is 0.413 e. The lowest BCUT2D eigenvalue weighted by molar-refractivity contribution is 0.196. The molecule has 92 valence electrons. The molecule has 18 heavy (non-hydrogen) atoms. The smallest absolute Gasteiger partial charge is 0.410 e. The molecule has 0 aliphatic rings. The molecule has 0 unspecified atom stereocenters. The van der Waals surface area contributed by atoms with E-state index in [1.165, 1.54) is 0 Å². The predicted octanol–water partition coefficient (Wildman–Crippen LogP) is 2.93. The van der Waals surface area contributed by atoms with Crippen molar-refractivity contribution in [3.05, 3.63) is 60.4 Å². The second kappa shape index (κ2) is 5.82. The van der Waals surface area contributed by atoms with Crippen molar-refractivity contribution in [1.29, 1.82) is 0 Å². The highest BCUT2D eigenvalue weighted by Gasteiger charge is 2.11. The van der Waals surface area contributed by atoms with Crippen LogP contribution in [0.4, 0.5) is 4.79 Å². The lowest BCUT2D eigenvalue weighted by Crippen LogP contribution is -2.29. The van der Waals surface area contributed by atoms with Crippen LogP contribution >= 0.6 is 0 Å². The number of nitrogens with zero attached hydrogens (tertiary/aromatic N) is 1. The van der Waals surface area contributed by atoms with Gasteiger partial charge in [-0.15, -0.1) is 0 Å². The number of hydrogen-bond acceptors (Lipinski definition) is 3. The number of para-hydroxylation sites is 1. The summed E-state index contributed by atoms with van der Waals surface area (Å²) in [4.78, 5) is 15.8. The minimum absolute atomic E-state index is 0.192. The van der Waals surface area contributed by atoms with E-state index in [1.54, 1.807) is 18.3 Å². The number of benzene rings is 1. The maximum atomic E-state index is 11.6. The SMILES string of the molecule is C[C@H](NC(=O)Oc1ccccc1)c1ccccn1. The van der Waals surface area contributed by atoms with Crippen molar-refractivity contribution in [1.82, 2.24) is 10.3 Å². The van der Waals surface area contributed by atoms with Gasteiger partial charge >= 0.3 is 6.09 Å². The van der Waals surface area contributed by atoms with Gasteiger partial charge in [-0.25, -0.2) is 4.79 Å². The zero-order valence-electron chi connectivity index (χ0n) is 10.0. The minimum Gasteiger partial charge on any atom is -0.410 e. The third-order valence-electron chi connectivity index (χ3n) is 2.42. The molecule has 4 nitrogen and oxygen atoms in total. The molecule has 0 radical (unpaired) electrons. The normalized spacial score (nSPS) is 11.6. The number of carbonyl (C=O) groups is 1. The molecule has 2 aromatic rings. The van der Waals surface area contributed by atoms with Crippen molar-refractivity contribution in [3.63, 3.8) is 0 Å². The molecule has 0 spiro atoms. The first-order valence-corrected chi connectivity index (χ1v) is 5.70. The molecule has 4 heteroatoms. The van der Waals surface area contributed by atoms with Gasteiger partial charge in [0.1, 0.15) is 5.75 Å². The van der Waals surface area contributed by atoms with Gasteiger partial charge in [0.05, 0.1) is 11.7 Å². The quantitative estimate of drug-likeness (QED) is 0.900. The Labute approximate surface area is 106 Å². The monoisotopic (exact) mass is 242 g/mol. The van der Waals surface area contributed by atoms with Crippen LogP contribution in [0.3, 0.4) is 0 Å². The summed E-state index contributed by atoms with van der Waals surface area (Å²) in [5, 5.41) is 2.72. The van der Waals surface area contributed by atoms with Gasteiger partial charge in [0.2, 0.25) is 0 Å². The van der Waals surface area contributed by atoms with Crippen molar-refractivity contribution in [2.24, 2.45) is 0 Å². The predicted molar refractivity (Wildman–Crippen MR) is 68.3 cm³/mol. The zero-order valence-corrected chi connectivity index (χ0v) is 10.0. The van der Waals surface area contributed by atoms with Crippen molar-refractivity contribution in [2.75, 3.05) is 0 Å². The van der Waals surface area contributed by atoms with Crippen molar-refractivity contribution < 1.29 is 9.53 Å². The molecule has 0 aliphatic carbocycles. The fourth-order valence-electron chi connectivity index (χ4n) is 1.51. The van der Waals surface area contributed by atoms with E-state index in [1.807, 2.05) is 43.3 Å². The van der Waals surface area contributed by atoms with E-state index in [2.05, 4.69) is 10.3 Å². The number of amides is 1. The van der Waals surface area contributed by atoms with Crippen LogP contribution in [0.1, 0.15) is 18.7 Å². The van der Waals surface area contributed by atoms with Crippen molar-refractivity contribution in [2.45, 2.75) is 13.0 Å². The third-order valence-corrected chi connectivity index (χ3v) is 2.42. The molecule has 2 rings (SSSR count). The number of carbonyl (C=O) groups excluding carboxylic acids is 1. The lowest BCUT2D eigenvalue weighted by atomic mass is 10.2. The van der Waals surface area contributed by atoms with Crippen LogP contribution in [0.15, 0.2) is 54.7 Å².